The molecule has 0 amide bonds. The third-order valence-corrected chi connectivity index (χ3v) is 4.77. The molecule has 118 valence electrons. The van der Waals surface area contributed by atoms with Gasteiger partial charge < -0.3 is 14.4 Å². The normalized spacial score (nSPS) is 18.8. The Morgan fingerprint density at radius 2 is 1.62 bits per heavy atom. The topological polar surface area (TPSA) is 59.8 Å². The lowest BCUT2D eigenvalue weighted by molar-refractivity contribution is 0.104. The van der Waals surface area contributed by atoms with Crippen molar-refractivity contribution in [2.24, 2.45) is 5.84 Å². The second-order valence-corrected chi connectivity index (χ2v) is 5.95. The number of benzene rings is 1. The average molecular weight is 293 g/mol. The van der Waals surface area contributed by atoms with E-state index in [1.807, 2.05) is 18.2 Å². The number of methoxy groups -OCH3 is 2. The molecule has 1 atom stereocenters. The number of nitrogens with zero attached hydrogens (tertiary/aromatic N) is 1. The maximum Gasteiger partial charge on any atom is 0.122 e. The highest BCUT2D eigenvalue weighted by Gasteiger charge is 2.43. The van der Waals surface area contributed by atoms with E-state index in [1.54, 1.807) is 14.2 Å². The molecule has 1 aliphatic carbocycles. The summed E-state index contributed by atoms with van der Waals surface area (Å²) in [6.07, 6.45) is 4.73. The Morgan fingerprint density at radius 3 is 2.00 bits per heavy atom. The van der Waals surface area contributed by atoms with Crippen molar-refractivity contribution in [1.82, 2.24) is 10.3 Å². The molecule has 21 heavy (non-hydrogen) atoms. The Balaban J connectivity index is 2.45. The molecule has 0 radical (unpaired) electrons. The molecule has 0 aromatic heterocycles. The largest absolute Gasteiger partial charge is 0.497 e. The van der Waals surface area contributed by atoms with Gasteiger partial charge in [0.15, 0.2) is 0 Å². The number of hydrogen-bond acceptors (Lipinski definition) is 5. The van der Waals surface area contributed by atoms with Gasteiger partial charge >= 0.3 is 0 Å². The lowest BCUT2D eigenvalue weighted by Crippen LogP contribution is -2.53. The molecule has 3 N–H and O–H groups in total. The minimum atomic E-state index is 0.0339. The first-order chi connectivity index (χ1) is 10.1. The van der Waals surface area contributed by atoms with Gasteiger partial charge in [-0.1, -0.05) is 12.8 Å². The number of hydrogen-bond donors (Lipinski definition) is 2. The van der Waals surface area contributed by atoms with Crippen LogP contribution in [0.25, 0.3) is 0 Å². The van der Waals surface area contributed by atoms with Gasteiger partial charge in [0.25, 0.3) is 0 Å². The van der Waals surface area contributed by atoms with Crippen molar-refractivity contribution in [3.05, 3.63) is 23.8 Å². The van der Waals surface area contributed by atoms with Crippen molar-refractivity contribution >= 4 is 0 Å². The van der Waals surface area contributed by atoms with Gasteiger partial charge in [-0.3, -0.25) is 11.3 Å². The maximum absolute atomic E-state index is 5.93. The zero-order valence-corrected chi connectivity index (χ0v) is 13.5. The first kappa shape index (κ1) is 16.1. The van der Waals surface area contributed by atoms with Crippen LogP contribution in [0.2, 0.25) is 0 Å². The molecule has 0 aliphatic heterocycles. The van der Waals surface area contributed by atoms with E-state index >= 15 is 0 Å². The third-order valence-electron chi connectivity index (χ3n) is 4.77. The summed E-state index contributed by atoms with van der Waals surface area (Å²) < 4.78 is 10.8. The number of nitrogens with one attached hydrogen (secondary N) is 1. The highest BCUT2D eigenvalue weighted by Crippen LogP contribution is 2.44. The molecule has 0 bridgehead atoms. The van der Waals surface area contributed by atoms with Crippen LogP contribution < -0.4 is 20.7 Å². The monoisotopic (exact) mass is 293 g/mol. The number of hydrazine groups is 1. The van der Waals surface area contributed by atoms with Crippen LogP contribution in [0.4, 0.5) is 0 Å². The molecule has 2 rings (SSSR count). The molecular weight excluding hydrogens is 266 g/mol. The van der Waals surface area contributed by atoms with Crippen LogP contribution in [0.3, 0.4) is 0 Å². The molecule has 0 heterocycles. The van der Waals surface area contributed by atoms with Gasteiger partial charge in [0.2, 0.25) is 0 Å². The molecule has 5 nitrogen and oxygen atoms in total. The third kappa shape index (κ3) is 3.00. The van der Waals surface area contributed by atoms with Crippen molar-refractivity contribution in [1.29, 1.82) is 0 Å². The van der Waals surface area contributed by atoms with Gasteiger partial charge in [-0.25, -0.2) is 0 Å². The van der Waals surface area contributed by atoms with Crippen LogP contribution in [-0.2, 0) is 0 Å². The Labute approximate surface area is 127 Å². The molecule has 1 aliphatic rings. The summed E-state index contributed by atoms with van der Waals surface area (Å²) >= 11 is 0. The van der Waals surface area contributed by atoms with Crippen LogP contribution in [0.5, 0.6) is 11.5 Å². The van der Waals surface area contributed by atoms with Gasteiger partial charge in [-0.05, 0) is 44.6 Å². The highest BCUT2D eigenvalue weighted by atomic mass is 16.5. The van der Waals surface area contributed by atoms with Gasteiger partial charge in [0.1, 0.15) is 11.5 Å². The molecule has 1 fully saturated rings. The fourth-order valence-corrected chi connectivity index (χ4v) is 3.54. The Morgan fingerprint density at radius 1 is 1.10 bits per heavy atom. The number of likely N-dealkylation sites (N-methyl/N-ethyl adjacent to an activating group) is 1. The fraction of sp³-hybridized carbons (Fsp3) is 0.625. The zero-order chi connectivity index (χ0) is 15.5. The Hall–Kier alpha value is -1.30. The van der Waals surface area contributed by atoms with Crippen LogP contribution in [-0.4, -0.2) is 38.8 Å². The fourth-order valence-electron chi connectivity index (χ4n) is 3.54. The van der Waals surface area contributed by atoms with Crippen LogP contribution in [0.1, 0.15) is 37.3 Å². The van der Waals surface area contributed by atoms with Crippen LogP contribution in [0.15, 0.2) is 18.2 Å². The lowest BCUT2D eigenvalue weighted by atomic mass is 9.82. The molecule has 5 heteroatoms. The summed E-state index contributed by atoms with van der Waals surface area (Å²) in [4.78, 5) is 2.30. The predicted molar refractivity (Wildman–Crippen MR) is 84.5 cm³/mol. The summed E-state index contributed by atoms with van der Waals surface area (Å²) in [5.41, 5.74) is 4.17. The second-order valence-electron chi connectivity index (χ2n) is 5.95. The second kappa shape index (κ2) is 6.64. The maximum atomic E-state index is 5.93. The minimum absolute atomic E-state index is 0.0339. The van der Waals surface area contributed by atoms with E-state index in [2.05, 4.69) is 24.4 Å². The van der Waals surface area contributed by atoms with E-state index in [9.17, 15) is 0 Å². The van der Waals surface area contributed by atoms with E-state index in [1.165, 1.54) is 12.8 Å². The summed E-state index contributed by atoms with van der Waals surface area (Å²) in [5, 5.41) is 0. The molecule has 0 spiro atoms. The summed E-state index contributed by atoms with van der Waals surface area (Å²) in [5.74, 6) is 7.51. The van der Waals surface area contributed by atoms with Crippen LogP contribution >= 0.6 is 0 Å². The van der Waals surface area contributed by atoms with Crippen molar-refractivity contribution in [2.45, 2.75) is 37.3 Å². The summed E-state index contributed by atoms with van der Waals surface area (Å²) in [7, 11) is 7.60. The molecule has 1 aromatic rings. The molecule has 1 unspecified atom stereocenters. The van der Waals surface area contributed by atoms with E-state index in [0.29, 0.717) is 0 Å². The van der Waals surface area contributed by atoms with Gasteiger partial charge in [0, 0.05) is 11.6 Å². The molecule has 1 saturated carbocycles. The quantitative estimate of drug-likeness (QED) is 0.621. The van der Waals surface area contributed by atoms with Crippen molar-refractivity contribution < 1.29 is 9.47 Å². The summed E-state index contributed by atoms with van der Waals surface area (Å²) in [6.45, 7) is 0. The highest BCUT2D eigenvalue weighted by molar-refractivity contribution is 5.41. The van der Waals surface area contributed by atoms with Gasteiger partial charge in [-0.2, -0.15) is 0 Å². The average Bonchev–Trinajstić information content (AvgIpc) is 2.98. The predicted octanol–water partition coefficient (Wildman–Crippen LogP) is 2.08. The van der Waals surface area contributed by atoms with Gasteiger partial charge in [-0.15, -0.1) is 0 Å². The molecular formula is C16H27N3O2. The first-order valence-corrected chi connectivity index (χ1v) is 7.44. The van der Waals surface area contributed by atoms with E-state index in [4.69, 9.17) is 15.3 Å². The van der Waals surface area contributed by atoms with E-state index in [0.717, 1.165) is 29.9 Å². The standard InChI is InChI=1S/C16H27N3O2/c1-19(2)16(7-5-6-8-16)15(18-17)12-9-13(20-3)11-14(10-12)21-4/h9-11,15,18H,5-8,17H2,1-4H3. The van der Waals surface area contributed by atoms with Crippen molar-refractivity contribution in [3.63, 3.8) is 0 Å². The van der Waals surface area contributed by atoms with E-state index in [-0.39, 0.29) is 11.6 Å². The Bertz CT molecular complexity index is 448. The number of ether oxygens (including phenoxy) is 2. The molecule has 1 aromatic carbocycles. The van der Waals surface area contributed by atoms with Crippen molar-refractivity contribution in [3.8, 4) is 11.5 Å². The van der Waals surface area contributed by atoms with Gasteiger partial charge in [0.05, 0.1) is 20.3 Å². The zero-order valence-electron chi connectivity index (χ0n) is 13.5. The van der Waals surface area contributed by atoms with Crippen molar-refractivity contribution in [2.75, 3.05) is 28.3 Å². The van der Waals surface area contributed by atoms with E-state index < -0.39 is 0 Å². The minimum Gasteiger partial charge on any atom is -0.497 e. The number of rotatable bonds is 6. The molecule has 0 saturated heterocycles. The SMILES string of the molecule is COc1cc(OC)cc(C(NN)C2(N(C)C)CCCC2)c1. The summed E-state index contributed by atoms with van der Waals surface area (Å²) in [6, 6.07) is 6.00. The lowest BCUT2D eigenvalue weighted by Gasteiger charge is -2.43. The first-order valence-electron chi connectivity index (χ1n) is 7.44. The smallest absolute Gasteiger partial charge is 0.122 e. The Kier molecular flexibility index (Phi) is 5.08. The number of nitrogens with two attached hydrogens (primary N) is 1. The van der Waals surface area contributed by atoms with Crippen LogP contribution in [0, 0.1) is 0 Å².